The molecule has 4 rings (SSSR count). The lowest BCUT2D eigenvalue weighted by Crippen LogP contribution is -2.50. The van der Waals surface area contributed by atoms with Crippen LogP contribution in [0.2, 0.25) is 0 Å². The largest absolute Gasteiger partial charge is 0.381 e. The second kappa shape index (κ2) is 11.3. The van der Waals surface area contributed by atoms with Gasteiger partial charge in [0.2, 0.25) is 0 Å². The molecule has 2 heterocycles. The van der Waals surface area contributed by atoms with Crippen LogP contribution in [0.3, 0.4) is 0 Å². The maximum atomic E-state index is 13.9. The van der Waals surface area contributed by atoms with E-state index in [9.17, 15) is 4.39 Å². The van der Waals surface area contributed by atoms with E-state index in [1.54, 1.807) is 19.2 Å². The van der Waals surface area contributed by atoms with E-state index < -0.39 is 0 Å². The lowest BCUT2D eigenvalue weighted by atomic mass is 9.74. The molecule has 0 radical (unpaired) electrons. The van der Waals surface area contributed by atoms with Crippen molar-refractivity contribution in [2.45, 2.75) is 37.6 Å². The summed E-state index contributed by atoms with van der Waals surface area (Å²) in [6, 6.07) is 16.1. The first-order valence-corrected chi connectivity index (χ1v) is 11.2. The average Bonchev–Trinajstić information content (AvgIpc) is 3.26. The Bertz CT molecular complexity index is 899. The van der Waals surface area contributed by atoms with E-state index in [4.69, 9.17) is 4.74 Å². The third-order valence-corrected chi connectivity index (χ3v) is 6.63. The van der Waals surface area contributed by atoms with Gasteiger partial charge in [0.1, 0.15) is 5.82 Å². The van der Waals surface area contributed by atoms with Crippen molar-refractivity contribution in [2.75, 3.05) is 44.8 Å². The normalized spacial score (nSPS) is 20.5. The molecule has 0 amide bonds. The molecule has 7 heteroatoms. The van der Waals surface area contributed by atoms with Gasteiger partial charge >= 0.3 is 0 Å². The molecule has 2 saturated heterocycles. The SMILES string of the molecule is CN=C(NCC1(c2cccc(F)c2)CCOCC1)NC1CCN(c2ccc(C)cc2)C1.I. The summed E-state index contributed by atoms with van der Waals surface area (Å²) >= 11 is 0. The second-order valence-electron chi connectivity index (χ2n) is 8.74. The highest BCUT2D eigenvalue weighted by atomic mass is 127. The fourth-order valence-corrected chi connectivity index (χ4v) is 4.66. The number of hydrogen-bond acceptors (Lipinski definition) is 3. The monoisotopic (exact) mass is 552 g/mol. The highest BCUT2D eigenvalue weighted by Gasteiger charge is 2.35. The van der Waals surface area contributed by atoms with Crippen molar-refractivity contribution in [1.29, 1.82) is 0 Å². The molecule has 2 N–H and O–H groups in total. The van der Waals surface area contributed by atoms with Crippen molar-refractivity contribution in [1.82, 2.24) is 10.6 Å². The van der Waals surface area contributed by atoms with Gasteiger partial charge < -0.3 is 20.3 Å². The van der Waals surface area contributed by atoms with Crippen LogP contribution in [0.15, 0.2) is 53.5 Å². The van der Waals surface area contributed by atoms with E-state index in [-0.39, 0.29) is 35.2 Å². The molecule has 0 aliphatic carbocycles. The Balaban J connectivity index is 0.00000289. The first-order valence-electron chi connectivity index (χ1n) is 11.2. The summed E-state index contributed by atoms with van der Waals surface area (Å²) in [4.78, 5) is 6.87. The maximum Gasteiger partial charge on any atom is 0.191 e. The number of guanidine groups is 1. The topological polar surface area (TPSA) is 48.9 Å². The molecule has 2 aromatic rings. The van der Waals surface area contributed by atoms with Crippen molar-refractivity contribution < 1.29 is 9.13 Å². The van der Waals surface area contributed by atoms with Crippen LogP contribution in [0.25, 0.3) is 0 Å². The van der Waals surface area contributed by atoms with Crippen LogP contribution in [0, 0.1) is 12.7 Å². The molecule has 2 aromatic carbocycles. The van der Waals surface area contributed by atoms with E-state index in [2.05, 4.69) is 51.7 Å². The molecule has 5 nitrogen and oxygen atoms in total. The van der Waals surface area contributed by atoms with Crippen molar-refractivity contribution in [2.24, 2.45) is 4.99 Å². The van der Waals surface area contributed by atoms with Crippen LogP contribution in [0.4, 0.5) is 10.1 Å². The summed E-state index contributed by atoms with van der Waals surface area (Å²) in [6.45, 7) is 6.18. The molecule has 2 aliphatic heterocycles. The molecule has 1 unspecified atom stereocenters. The number of nitrogens with one attached hydrogen (secondary N) is 2. The fourth-order valence-electron chi connectivity index (χ4n) is 4.66. The highest BCUT2D eigenvalue weighted by molar-refractivity contribution is 14.0. The van der Waals surface area contributed by atoms with Crippen LogP contribution < -0.4 is 15.5 Å². The minimum absolute atomic E-state index is 0. The number of anilines is 1. The molecule has 2 aliphatic rings. The molecule has 0 aromatic heterocycles. The van der Waals surface area contributed by atoms with E-state index >= 15 is 0 Å². The van der Waals surface area contributed by atoms with E-state index in [0.717, 1.165) is 43.9 Å². The first-order chi connectivity index (χ1) is 15.1. The zero-order valence-electron chi connectivity index (χ0n) is 18.9. The van der Waals surface area contributed by atoms with Crippen LogP contribution in [0.1, 0.15) is 30.4 Å². The van der Waals surface area contributed by atoms with Crippen molar-refractivity contribution in [3.8, 4) is 0 Å². The number of halogens is 2. The third kappa shape index (κ3) is 5.92. The Labute approximate surface area is 207 Å². The predicted octanol–water partition coefficient (Wildman–Crippen LogP) is 4.24. The van der Waals surface area contributed by atoms with Gasteiger partial charge in [-0.2, -0.15) is 0 Å². The highest BCUT2D eigenvalue weighted by Crippen LogP contribution is 2.34. The molecule has 0 spiro atoms. The number of aliphatic imine (C=N–C) groups is 1. The number of nitrogens with zero attached hydrogens (tertiary/aromatic N) is 2. The predicted molar refractivity (Wildman–Crippen MR) is 140 cm³/mol. The van der Waals surface area contributed by atoms with Crippen molar-refractivity contribution >= 4 is 35.6 Å². The Kier molecular flexibility index (Phi) is 8.76. The van der Waals surface area contributed by atoms with Gasteiger partial charge in [-0.1, -0.05) is 29.8 Å². The fraction of sp³-hybridized carbons (Fsp3) is 0.480. The standard InChI is InChI=1S/C25H33FN4O.HI/c1-19-6-8-23(9-7-19)30-13-10-22(17-30)29-24(27-2)28-18-25(11-14-31-15-12-25)20-4-3-5-21(26)16-20;/h3-9,16,22H,10-15,17-18H2,1-2H3,(H2,27,28,29);1H. The molecular formula is C25H34FIN4O. The smallest absolute Gasteiger partial charge is 0.191 e. The number of rotatable bonds is 5. The third-order valence-electron chi connectivity index (χ3n) is 6.63. The minimum Gasteiger partial charge on any atom is -0.381 e. The van der Waals surface area contributed by atoms with Crippen LogP contribution >= 0.6 is 24.0 Å². The maximum absolute atomic E-state index is 13.9. The summed E-state index contributed by atoms with van der Waals surface area (Å²) in [6.07, 6.45) is 2.80. The minimum atomic E-state index is -0.187. The molecular weight excluding hydrogens is 518 g/mol. The quantitative estimate of drug-likeness (QED) is 0.331. The summed E-state index contributed by atoms with van der Waals surface area (Å²) in [5, 5.41) is 7.12. The summed E-state index contributed by atoms with van der Waals surface area (Å²) in [5.74, 6) is 0.617. The van der Waals surface area contributed by atoms with Gasteiger partial charge in [0, 0.05) is 57.0 Å². The van der Waals surface area contributed by atoms with Gasteiger partial charge in [0.05, 0.1) is 0 Å². The van der Waals surface area contributed by atoms with E-state index in [1.807, 2.05) is 6.07 Å². The van der Waals surface area contributed by atoms with Gasteiger partial charge in [-0.15, -0.1) is 24.0 Å². The second-order valence-corrected chi connectivity index (χ2v) is 8.74. The summed E-state index contributed by atoms with van der Waals surface area (Å²) < 4.78 is 19.5. The van der Waals surface area contributed by atoms with Gasteiger partial charge in [-0.25, -0.2) is 4.39 Å². The Hall–Kier alpha value is -1.87. The zero-order valence-corrected chi connectivity index (χ0v) is 21.3. The molecule has 1 atom stereocenters. The number of aryl methyl sites for hydroxylation is 1. The van der Waals surface area contributed by atoms with E-state index in [1.165, 1.54) is 17.3 Å². The van der Waals surface area contributed by atoms with Crippen LogP contribution in [-0.4, -0.2) is 51.9 Å². The molecule has 2 fully saturated rings. The van der Waals surface area contributed by atoms with Gasteiger partial charge in [0.15, 0.2) is 5.96 Å². The van der Waals surface area contributed by atoms with Gasteiger partial charge in [-0.3, -0.25) is 4.99 Å². The lowest BCUT2D eigenvalue weighted by molar-refractivity contribution is 0.0512. The number of hydrogen-bond donors (Lipinski definition) is 2. The van der Waals surface area contributed by atoms with Crippen molar-refractivity contribution in [3.63, 3.8) is 0 Å². The molecule has 0 bridgehead atoms. The number of benzene rings is 2. The zero-order chi connectivity index (χ0) is 21.7. The summed E-state index contributed by atoms with van der Waals surface area (Å²) in [5.41, 5.74) is 3.43. The first kappa shape index (κ1) is 24.8. The summed E-state index contributed by atoms with van der Waals surface area (Å²) in [7, 11) is 1.81. The molecule has 174 valence electrons. The Morgan fingerprint density at radius 3 is 2.62 bits per heavy atom. The van der Waals surface area contributed by atoms with Gasteiger partial charge in [-0.05, 0) is 56.0 Å². The lowest BCUT2D eigenvalue weighted by Gasteiger charge is -2.38. The molecule has 0 saturated carbocycles. The van der Waals surface area contributed by atoms with Crippen molar-refractivity contribution in [3.05, 3.63) is 65.5 Å². The average molecular weight is 552 g/mol. The number of ether oxygens (including phenoxy) is 1. The van der Waals surface area contributed by atoms with Crippen LogP contribution in [0.5, 0.6) is 0 Å². The van der Waals surface area contributed by atoms with Crippen LogP contribution in [-0.2, 0) is 10.2 Å². The Morgan fingerprint density at radius 1 is 1.19 bits per heavy atom. The Morgan fingerprint density at radius 2 is 1.94 bits per heavy atom. The van der Waals surface area contributed by atoms with E-state index in [0.29, 0.717) is 25.8 Å². The molecule has 32 heavy (non-hydrogen) atoms. The van der Waals surface area contributed by atoms with Gasteiger partial charge in [0.25, 0.3) is 0 Å².